The topological polar surface area (TPSA) is 109 Å². The number of hydrogen-bond donors (Lipinski definition) is 0. The Balaban J connectivity index is 1.44. The molecule has 10 heteroatoms. The van der Waals surface area contributed by atoms with Gasteiger partial charge in [-0.05, 0) is 42.8 Å². The Kier molecular flexibility index (Phi) is 5.54. The Labute approximate surface area is 215 Å². The third-order valence-electron chi connectivity index (χ3n) is 7.59. The number of aromatic nitrogens is 4. The van der Waals surface area contributed by atoms with Crippen LogP contribution in [0.4, 0.5) is 5.69 Å². The van der Waals surface area contributed by atoms with Crippen molar-refractivity contribution in [2.45, 2.75) is 31.7 Å². The SMILES string of the molecule is Cc1ccc2c(-c3cncnc3)c(CN3C(=O)C4(CCN(S(C)(=O)=O)CC4)c4ccncc43)ncc2c1. The monoisotopic (exact) mass is 514 g/mol. The van der Waals surface area contributed by atoms with Crippen molar-refractivity contribution in [1.29, 1.82) is 0 Å². The fourth-order valence-corrected chi connectivity index (χ4v) is 6.58. The van der Waals surface area contributed by atoms with Crippen LogP contribution in [0.1, 0.15) is 29.7 Å². The van der Waals surface area contributed by atoms with Crippen LogP contribution in [-0.4, -0.2) is 57.9 Å². The lowest BCUT2D eigenvalue weighted by Crippen LogP contribution is -2.49. The van der Waals surface area contributed by atoms with Gasteiger partial charge < -0.3 is 4.90 Å². The Morgan fingerprint density at radius 1 is 1.00 bits per heavy atom. The fraction of sp³-hybridized carbons (Fsp3) is 0.296. The number of hydrogen-bond acceptors (Lipinski definition) is 7. The van der Waals surface area contributed by atoms with Crippen molar-refractivity contribution in [1.82, 2.24) is 24.2 Å². The highest BCUT2D eigenvalue weighted by Crippen LogP contribution is 2.48. The number of rotatable bonds is 4. The first-order chi connectivity index (χ1) is 17.8. The molecule has 0 bridgehead atoms. The number of carbonyl (C=O) groups excluding carboxylic acids is 1. The summed E-state index contributed by atoms with van der Waals surface area (Å²) >= 11 is 0. The molecule has 2 aliphatic rings. The maximum absolute atomic E-state index is 14.1. The molecule has 1 spiro atoms. The van der Waals surface area contributed by atoms with Crippen molar-refractivity contribution in [3.05, 3.63) is 78.4 Å². The zero-order valence-corrected chi connectivity index (χ0v) is 21.4. The molecule has 1 fully saturated rings. The second kappa shape index (κ2) is 8.67. The minimum absolute atomic E-state index is 0.0373. The van der Waals surface area contributed by atoms with Crippen LogP contribution in [0.3, 0.4) is 0 Å². The van der Waals surface area contributed by atoms with E-state index >= 15 is 0 Å². The first-order valence-corrected chi connectivity index (χ1v) is 14.0. The molecule has 0 atom stereocenters. The van der Waals surface area contributed by atoms with Crippen LogP contribution < -0.4 is 4.90 Å². The van der Waals surface area contributed by atoms with Crippen molar-refractivity contribution in [3.8, 4) is 11.1 Å². The third-order valence-corrected chi connectivity index (χ3v) is 8.89. The van der Waals surface area contributed by atoms with Gasteiger partial charge in [-0.15, -0.1) is 0 Å². The van der Waals surface area contributed by atoms with E-state index in [-0.39, 0.29) is 12.5 Å². The van der Waals surface area contributed by atoms with Gasteiger partial charge in [0.1, 0.15) is 6.33 Å². The standard InChI is InChI=1S/C27H26N6O3S/c1-18-3-4-21-19(11-18)14-31-23(25(21)20-12-29-17-30-13-20)16-33-24-15-28-8-5-22(24)27(26(33)34)6-9-32(10-7-27)37(2,35)36/h3-5,8,11-15,17H,6-7,9-10,16H2,1-2H3. The molecule has 6 rings (SSSR count). The normalized spacial score (nSPS) is 17.5. The average Bonchev–Trinajstić information content (AvgIpc) is 3.11. The highest BCUT2D eigenvalue weighted by Gasteiger charge is 2.53. The van der Waals surface area contributed by atoms with Gasteiger partial charge in [-0.3, -0.25) is 14.8 Å². The number of sulfonamides is 1. The first-order valence-electron chi connectivity index (χ1n) is 12.1. The van der Waals surface area contributed by atoms with Crippen LogP contribution in [0.25, 0.3) is 21.9 Å². The Bertz CT molecular complexity index is 1630. The largest absolute Gasteiger partial charge is 0.304 e. The molecule has 2 aliphatic heterocycles. The van der Waals surface area contributed by atoms with E-state index in [1.807, 2.05) is 19.2 Å². The summed E-state index contributed by atoms with van der Waals surface area (Å²) in [5.74, 6) is -0.0373. The van der Waals surface area contributed by atoms with Crippen LogP contribution in [0.15, 0.2) is 61.6 Å². The van der Waals surface area contributed by atoms with Crippen molar-refractivity contribution in [2.24, 2.45) is 0 Å². The molecule has 9 nitrogen and oxygen atoms in total. The summed E-state index contributed by atoms with van der Waals surface area (Å²) in [6.45, 7) is 2.91. The van der Waals surface area contributed by atoms with Gasteiger partial charge in [-0.2, -0.15) is 0 Å². The van der Waals surface area contributed by atoms with Gasteiger partial charge >= 0.3 is 0 Å². The maximum Gasteiger partial charge on any atom is 0.238 e. The third kappa shape index (κ3) is 3.87. The molecule has 1 saturated heterocycles. The van der Waals surface area contributed by atoms with Gasteiger partial charge in [-0.25, -0.2) is 22.7 Å². The minimum atomic E-state index is -3.31. The van der Waals surface area contributed by atoms with E-state index in [9.17, 15) is 13.2 Å². The van der Waals surface area contributed by atoms with Crippen LogP contribution >= 0.6 is 0 Å². The van der Waals surface area contributed by atoms with Crippen molar-refractivity contribution in [3.63, 3.8) is 0 Å². The number of nitrogens with zero attached hydrogens (tertiary/aromatic N) is 6. The van der Waals surface area contributed by atoms with E-state index in [2.05, 4.69) is 33.2 Å². The van der Waals surface area contributed by atoms with Gasteiger partial charge in [0.15, 0.2) is 0 Å². The van der Waals surface area contributed by atoms with Gasteiger partial charge in [0, 0.05) is 54.4 Å². The Hall–Kier alpha value is -3.76. The van der Waals surface area contributed by atoms with E-state index in [4.69, 9.17) is 4.98 Å². The molecule has 4 aromatic rings. The average molecular weight is 515 g/mol. The van der Waals surface area contributed by atoms with E-state index < -0.39 is 15.4 Å². The van der Waals surface area contributed by atoms with Gasteiger partial charge in [0.05, 0.1) is 35.8 Å². The molecule has 37 heavy (non-hydrogen) atoms. The zero-order valence-electron chi connectivity index (χ0n) is 20.6. The number of amides is 1. The lowest BCUT2D eigenvalue weighted by molar-refractivity contribution is -0.124. The van der Waals surface area contributed by atoms with Crippen LogP contribution in [0.5, 0.6) is 0 Å². The predicted octanol–water partition coefficient (Wildman–Crippen LogP) is 3.24. The van der Waals surface area contributed by atoms with Crippen molar-refractivity contribution < 1.29 is 13.2 Å². The number of aryl methyl sites for hydroxylation is 1. The van der Waals surface area contributed by atoms with Crippen molar-refractivity contribution >= 4 is 32.4 Å². The maximum atomic E-state index is 14.1. The molecule has 0 aliphatic carbocycles. The summed E-state index contributed by atoms with van der Waals surface area (Å²) in [5, 5.41) is 2.02. The quantitative estimate of drug-likeness (QED) is 0.411. The predicted molar refractivity (Wildman–Crippen MR) is 140 cm³/mol. The Morgan fingerprint density at radius 2 is 1.76 bits per heavy atom. The first kappa shape index (κ1) is 23.6. The van der Waals surface area contributed by atoms with E-state index in [0.717, 1.165) is 44.4 Å². The van der Waals surface area contributed by atoms with Gasteiger partial charge in [0.2, 0.25) is 15.9 Å². The van der Waals surface area contributed by atoms with E-state index in [1.165, 1.54) is 16.9 Å². The second-order valence-electron chi connectivity index (χ2n) is 9.83. The Morgan fingerprint density at radius 3 is 2.49 bits per heavy atom. The summed E-state index contributed by atoms with van der Waals surface area (Å²) in [4.78, 5) is 33.5. The number of fused-ring (bicyclic) bond motifs is 3. The molecule has 188 valence electrons. The van der Waals surface area contributed by atoms with Crippen LogP contribution in [0.2, 0.25) is 0 Å². The molecule has 0 saturated carbocycles. The molecule has 5 heterocycles. The highest BCUT2D eigenvalue weighted by atomic mass is 32.2. The second-order valence-corrected chi connectivity index (χ2v) is 11.8. The van der Waals surface area contributed by atoms with Crippen LogP contribution in [0, 0.1) is 6.92 Å². The molecule has 1 amide bonds. The van der Waals surface area contributed by atoms with Gasteiger partial charge in [-0.1, -0.05) is 17.7 Å². The highest BCUT2D eigenvalue weighted by molar-refractivity contribution is 7.88. The molecule has 0 radical (unpaired) electrons. The van der Waals surface area contributed by atoms with E-state index in [1.54, 1.807) is 29.7 Å². The number of carbonyl (C=O) groups is 1. The lowest BCUT2D eigenvalue weighted by Gasteiger charge is -2.37. The number of anilines is 1. The molecular formula is C27H26N6O3S. The van der Waals surface area contributed by atoms with E-state index in [0.29, 0.717) is 25.9 Å². The summed E-state index contributed by atoms with van der Waals surface area (Å²) in [5.41, 5.74) is 4.47. The summed E-state index contributed by atoms with van der Waals surface area (Å²) in [6, 6.07) is 8.11. The van der Waals surface area contributed by atoms with Gasteiger partial charge in [0.25, 0.3) is 0 Å². The molecule has 0 N–H and O–H groups in total. The zero-order chi connectivity index (χ0) is 25.8. The van der Waals surface area contributed by atoms with Crippen LogP contribution in [-0.2, 0) is 26.8 Å². The lowest BCUT2D eigenvalue weighted by atomic mass is 9.74. The molecule has 1 aromatic carbocycles. The molecule has 3 aromatic heterocycles. The molecule has 0 unspecified atom stereocenters. The number of benzene rings is 1. The fourth-order valence-electron chi connectivity index (χ4n) is 5.73. The summed E-state index contributed by atoms with van der Waals surface area (Å²) in [7, 11) is -3.31. The minimum Gasteiger partial charge on any atom is -0.304 e. The van der Waals surface area contributed by atoms with Crippen molar-refractivity contribution in [2.75, 3.05) is 24.2 Å². The summed E-state index contributed by atoms with van der Waals surface area (Å²) in [6.07, 6.45) is 12.3. The number of piperidine rings is 1. The number of pyridine rings is 2. The molecular weight excluding hydrogens is 488 g/mol. The smallest absolute Gasteiger partial charge is 0.238 e. The summed E-state index contributed by atoms with van der Waals surface area (Å²) < 4.78 is 25.7.